The van der Waals surface area contributed by atoms with E-state index in [0.29, 0.717) is 16.3 Å². The smallest absolute Gasteiger partial charge is 0.275 e. The summed E-state index contributed by atoms with van der Waals surface area (Å²) in [5.41, 5.74) is 2.40. The maximum atomic E-state index is 11.4. The molecule has 0 saturated heterocycles. The van der Waals surface area contributed by atoms with Gasteiger partial charge >= 0.3 is 0 Å². The van der Waals surface area contributed by atoms with Gasteiger partial charge in [-0.1, -0.05) is 29.8 Å². The number of fused-ring (bicyclic) bond motifs is 3. The Hall–Kier alpha value is -2.40. The number of pyridine rings is 1. The van der Waals surface area contributed by atoms with Crippen LogP contribution in [0.1, 0.15) is 29.6 Å². The molecule has 23 heavy (non-hydrogen) atoms. The Morgan fingerprint density at radius 3 is 2.91 bits per heavy atom. The third-order valence-corrected chi connectivity index (χ3v) is 4.96. The summed E-state index contributed by atoms with van der Waals surface area (Å²) in [7, 11) is 0. The first-order valence-corrected chi connectivity index (χ1v) is 7.85. The lowest BCUT2D eigenvalue weighted by atomic mass is 9.77. The average molecular weight is 328 g/mol. The standard InChI is InChI=1S/C17H14ClN3O2/c18-12-7-8-14(21(22)23)15-10-4-3-5-11(10)16(20-17(12)15)13-6-1-2-9-19-13/h1-4,6-11,16,20H,5H2/t10-,11+,16+/m1/s1. The van der Waals surface area contributed by atoms with Crippen molar-refractivity contribution in [3.8, 4) is 0 Å². The van der Waals surface area contributed by atoms with Gasteiger partial charge in [-0.15, -0.1) is 0 Å². The highest BCUT2D eigenvalue weighted by Crippen LogP contribution is 2.53. The van der Waals surface area contributed by atoms with Gasteiger partial charge in [0.1, 0.15) is 0 Å². The van der Waals surface area contributed by atoms with E-state index in [4.69, 9.17) is 11.6 Å². The molecule has 2 aliphatic rings. The van der Waals surface area contributed by atoms with Gasteiger partial charge in [-0.25, -0.2) is 0 Å². The summed E-state index contributed by atoms with van der Waals surface area (Å²) in [4.78, 5) is 15.5. The van der Waals surface area contributed by atoms with Crippen LogP contribution in [0.5, 0.6) is 0 Å². The molecule has 116 valence electrons. The number of nitro benzene ring substituents is 1. The Kier molecular flexibility index (Phi) is 3.31. The summed E-state index contributed by atoms with van der Waals surface area (Å²) in [5, 5.41) is 15.3. The van der Waals surface area contributed by atoms with E-state index in [1.165, 1.54) is 6.07 Å². The number of nitrogens with zero attached hydrogens (tertiary/aromatic N) is 2. The minimum Gasteiger partial charge on any atom is -0.375 e. The van der Waals surface area contributed by atoms with Crippen molar-refractivity contribution >= 4 is 23.0 Å². The van der Waals surface area contributed by atoms with Crippen LogP contribution in [0.15, 0.2) is 48.7 Å². The van der Waals surface area contributed by atoms with Gasteiger partial charge in [0.2, 0.25) is 0 Å². The van der Waals surface area contributed by atoms with E-state index in [1.54, 1.807) is 12.3 Å². The molecule has 1 aliphatic carbocycles. The van der Waals surface area contributed by atoms with E-state index in [0.717, 1.165) is 12.1 Å². The minimum atomic E-state index is -0.332. The minimum absolute atomic E-state index is 0.0109. The number of halogens is 1. The SMILES string of the molecule is O=[N+]([O-])c1ccc(Cl)c2c1[C@@H]1C=CC[C@@H]1[C@@H](c1ccccn1)N2. The fourth-order valence-electron chi connectivity index (χ4n) is 3.67. The summed E-state index contributed by atoms with van der Waals surface area (Å²) in [6, 6.07) is 8.87. The number of hydrogen-bond acceptors (Lipinski definition) is 4. The number of rotatable bonds is 2. The molecule has 4 rings (SSSR count). The quantitative estimate of drug-likeness (QED) is 0.502. The van der Waals surface area contributed by atoms with Crippen molar-refractivity contribution < 1.29 is 4.92 Å². The molecule has 1 aliphatic heterocycles. The monoisotopic (exact) mass is 327 g/mol. The van der Waals surface area contributed by atoms with Gasteiger partial charge in [0.15, 0.2) is 0 Å². The predicted molar refractivity (Wildman–Crippen MR) is 88.7 cm³/mol. The van der Waals surface area contributed by atoms with Gasteiger partial charge in [0, 0.05) is 18.2 Å². The molecule has 0 fully saturated rings. The normalized spacial score (nSPS) is 24.7. The maximum absolute atomic E-state index is 11.4. The molecular weight excluding hydrogens is 314 g/mol. The van der Waals surface area contributed by atoms with Crippen LogP contribution in [-0.4, -0.2) is 9.91 Å². The van der Waals surface area contributed by atoms with E-state index in [2.05, 4.69) is 22.5 Å². The van der Waals surface area contributed by atoms with Gasteiger partial charge in [-0.05, 0) is 30.5 Å². The van der Waals surface area contributed by atoms with E-state index in [1.807, 2.05) is 18.2 Å². The molecule has 0 bridgehead atoms. The lowest BCUT2D eigenvalue weighted by Gasteiger charge is -2.36. The van der Waals surface area contributed by atoms with Crippen LogP contribution in [0.4, 0.5) is 11.4 Å². The van der Waals surface area contributed by atoms with Crippen molar-refractivity contribution in [3.05, 3.63) is 75.1 Å². The van der Waals surface area contributed by atoms with Gasteiger partial charge in [-0.3, -0.25) is 15.1 Å². The fraction of sp³-hybridized carbons (Fsp3) is 0.235. The predicted octanol–water partition coefficient (Wildman–Crippen LogP) is 4.47. The van der Waals surface area contributed by atoms with E-state index in [9.17, 15) is 10.1 Å². The number of aromatic nitrogens is 1. The summed E-state index contributed by atoms with van der Waals surface area (Å²) in [5.74, 6) is 0.187. The van der Waals surface area contributed by atoms with Crippen molar-refractivity contribution in [1.29, 1.82) is 0 Å². The third kappa shape index (κ3) is 2.19. The van der Waals surface area contributed by atoms with Gasteiger partial charge in [0.25, 0.3) is 5.69 Å². The molecule has 1 N–H and O–H groups in total. The summed E-state index contributed by atoms with van der Waals surface area (Å²) < 4.78 is 0. The molecule has 1 aromatic carbocycles. The average Bonchev–Trinajstić information content (AvgIpc) is 3.05. The Bertz CT molecular complexity index is 807. The molecule has 1 aromatic heterocycles. The number of nitrogens with one attached hydrogen (secondary N) is 1. The first kappa shape index (κ1) is 14.2. The van der Waals surface area contributed by atoms with Crippen molar-refractivity contribution in [2.45, 2.75) is 18.4 Å². The van der Waals surface area contributed by atoms with Crippen LogP contribution in [0.3, 0.4) is 0 Å². The highest BCUT2D eigenvalue weighted by molar-refractivity contribution is 6.33. The van der Waals surface area contributed by atoms with E-state index in [-0.39, 0.29) is 28.5 Å². The molecule has 3 atom stereocenters. The molecule has 2 aromatic rings. The van der Waals surface area contributed by atoms with Crippen LogP contribution in [0.2, 0.25) is 5.02 Å². The van der Waals surface area contributed by atoms with E-state index >= 15 is 0 Å². The highest BCUT2D eigenvalue weighted by Gasteiger charge is 2.42. The third-order valence-electron chi connectivity index (χ3n) is 4.65. The highest BCUT2D eigenvalue weighted by atomic mass is 35.5. The zero-order valence-corrected chi connectivity index (χ0v) is 12.9. The van der Waals surface area contributed by atoms with Crippen LogP contribution < -0.4 is 5.32 Å². The Balaban J connectivity index is 1.89. The number of allylic oxidation sites excluding steroid dienone is 2. The van der Waals surface area contributed by atoms with Crippen molar-refractivity contribution in [3.63, 3.8) is 0 Å². The number of benzene rings is 1. The Labute approximate surface area is 138 Å². The molecule has 2 heterocycles. The van der Waals surface area contributed by atoms with Gasteiger partial charge in [0.05, 0.1) is 32.9 Å². The van der Waals surface area contributed by atoms with Crippen molar-refractivity contribution in [1.82, 2.24) is 4.98 Å². The number of hydrogen-bond donors (Lipinski definition) is 1. The summed E-state index contributed by atoms with van der Waals surface area (Å²) >= 11 is 6.33. The lowest BCUT2D eigenvalue weighted by Crippen LogP contribution is -2.30. The number of anilines is 1. The van der Waals surface area contributed by atoms with Crippen LogP contribution in [-0.2, 0) is 0 Å². The molecule has 6 heteroatoms. The van der Waals surface area contributed by atoms with E-state index < -0.39 is 0 Å². The fourth-order valence-corrected chi connectivity index (χ4v) is 3.89. The zero-order chi connectivity index (χ0) is 16.0. The molecule has 0 spiro atoms. The van der Waals surface area contributed by atoms with Gasteiger partial charge in [-0.2, -0.15) is 0 Å². The second kappa shape index (κ2) is 5.35. The van der Waals surface area contributed by atoms with Crippen LogP contribution in [0, 0.1) is 16.0 Å². The Morgan fingerprint density at radius 1 is 1.30 bits per heavy atom. The first-order chi connectivity index (χ1) is 11.2. The molecule has 0 amide bonds. The Morgan fingerprint density at radius 2 is 2.17 bits per heavy atom. The lowest BCUT2D eigenvalue weighted by molar-refractivity contribution is -0.385. The van der Waals surface area contributed by atoms with Crippen molar-refractivity contribution in [2.75, 3.05) is 5.32 Å². The second-order valence-corrected chi connectivity index (χ2v) is 6.25. The topological polar surface area (TPSA) is 68.1 Å². The molecule has 0 saturated carbocycles. The largest absolute Gasteiger partial charge is 0.375 e. The first-order valence-electron chi connectivity index (χ1n) is 7.47. The second-order valence-electron chi connectivity index (χ2n) is 5.84. The maximum Gasteiger partial charge on any atom is 0.275 e. The van der Waals surface area contributed by atoms with Crippen LogP contribution >= 0.6 is 11.6 Å². The number of nitro groups is 1. The molecule has 5 nitrogen and oxygen atoms in total. The van der Waals surface area contributed by atoms with Crippen LogP contribution in [0.25, 0.3) is 0 Å². The molecular formula is C17H14ClN3O2. The summed E-state index contributed by atoms with van der Waals surface area (Å²) in [6.07, 6.45) is 6.78. The van der Waals surface area contributed by atoms with Crippen molar-refractivity contribution in [2.24, 2.45) is 5.92 Å². The van der Waals surface area contributed by atoms with Gasteiger partial charge < -0.3 is 5.32 Å². The summed E-state index contributed by atoms with van der Waals surface area (Å²) in [6.45, 7) is 0. The molecule has 0 unspecified atom stereocenters. The molecule has 0 radical (unpaired) electrons. The zero-order valence-electron chi connectivity index (χ0n) is 12.1.